The maximum absolute atomic E-state index is 6.08. The second-order valence-corrected chi connectivity index (χ2v) is 4.18. The van der Waals surface area contributed by atoms with E-state index in [1.165, 1.54) is 0 Å². The van der Waals surface area contributed by atoms with Gasteiger partial charge in [0.25, 0.3) is 0 Å². The summed E-state index contributed by atoms with van der Waals surface area (Å²) in [5.74, 6) is 0. The summed E-state index contributed by atoms with van der Waals surface area (Å²) < 4.78 is 0. The van der Waals surface area contributed by atoms with Gasteiger partial charge in [-0.15, -0.1) is 11.3 Å². The SMILES string of the molecule is Cc1cccc([C@H](N)c2cccs2)n1. The van der Waals surface area contributed by atoms with E-state index < -0.39 is 0 Å². The van der Waals surface area contributed by atoms with Crippen LogP contribution in [-0.2, 0) is 0 Å². The minimum atomic E-state index is -0.0881. The Hall–Kier alpha value is -1.19. The van der Waals surface area contributed by atoms with E-state index in [1.807, 2.05) is 42.6 Å². The molecule has 0 aliphatic rings. The van der Waals surface area contributed by atoms with Crippen molar-refractivity contribution < 1.29 is 0 Å². The third-order valence-electron chi connectivity index (χ3n) is 2.08. The van der Waals surface area contributed by atoms with Crippen LogP contribution in [0.4, 0.5) is 0 Å². The van der Waals surface area contributed by atoms with Crippen LogP contribution in [0, 0.1) is 6.92 Å². The highest BCUT2D eigenvalue weighted by Crippen LogP contribution is 2.22. The molecule has 0 saturated carbocycles. The van der Waals surface area contributed by atoms with Gasteiger partial charge in [0.15, 0.2) is 0 Å². The van der Waals surface area contributed by atoms with Crippen molar-refractivity contribution in [2.45, 2.75) is 13.0 Å². The first-order chi connectivity index (χ1) is 6.77. The molecule has 2 nitrogen and oxygen atoms in total. The number of thiophene rings is 1. The number of rotatable bonds is 2. The molecule has 2 heterocycles. The zero-order valence-corrected chi connectivity index (χ0v) is 8.79. The lowest BCUT2D eigenvalue weighted by Crippen LogP contribution is -2.12. The number of nitrogens with two attached hydrogens (primary N) is 1. The van der Waals surface area contributed by atoms with E-state index in [4.69, 9.17) is 5.73 Å². The summed E-state index contributed by atoms with van der Waals surface area (Å²) in [6.07, 6.45) is 0. The van der Waals surface area contributed by atoms with Gasteiger partial charge in [-0.1, -0.05) is 12.1 Å². The van der Waals surface area contributed by atoms with Crippen LogP contribution in [0.5, 0.6) is 0 Å². The standard InChI is InChI=1S/C11H12N2S/c1-8-4-2-5-9(13-8)11(12)10-6-3-7-14-10/h2-7,11H,12H2,1H3/t11-/m0/s1. The van der Waals surface area contributed by atoms with Gasteiger partial charge in [-0.25, -0.2) is 0 Å². The van der Waals surface area contributed by atoms with Gasteiger partial charge in [0, 0.05) is 10.6 Å². The van der Waals surface area contributed by atoms with E-state index in [2.05, 4.69) is 4.98 Å². The normalized spacial score (nSPS) is 12.7. The van der Waals surface area contributed by atoms with Crippen LogP contribution in [0.1, 0.15) is 22.3 Å². The molecule has 0 saturated heterocycles. The number of nitrogens with zero attached hydrogens (tertiary/aromatic N) is 1. The van der Waals surface area contributed by atoms with Gasteiger partial charge in [-0.05, 0) is 30.5 Å². The zero-order valence-electron chi connectivity index (χ0n) is 7.97. The molecule has 0 fully saturated rings. The summed E-state index contributed by atoms with van der Waals surface area (Å²) in [6.45, 7) is 1.98. The van der Waals surface area contributed by atoms with Crippen molar-refractivity contribution in [2.24, 2.45) is 5.73 Å². The Morgan fingerprint density at radius 2 is 2.14 bits per heavy atom. The molecule has 0 aromatic carbocycles. The minimum absolute atomic E-state index is 0.0881. The monoisotopic (exact) mass is 204 g/mol. The average molecular weight is 204 g/mol. The lowest BCUT2D eigenvalue weighted by atomic mass is 10.1. The van der Waals surface area contributed by atoms with Crippen LogP contribution in [0.25, 0.3) is 0 Å². The van der Waals surface area contributed by atoms with Gasteiger partial charge >= 0.3 is 0 Å². The highest BCUT2D eigenvalue weighted by molar-refractivity contribution is 7.10. The Balaban J connectivity index is 2.32. The highest BCUT2D eigenvalue weighted by Gasteiger charge is 2.10. The van der Waals surface area contributed by atoms with Crippen LogP contribution in [0.2, 0.25) is 0 Å². The molecule has 3 heteroatoms. The Kier molecular flexibility index (Phi) is 2.61. The molecule has 0 aliphatic carbocycles. The number of hydrogen-bond acceptors (Lipinski definition) is 3. The van der Waals surface area contributed by atoms with Crippen molar-refractivity contribution in [3.05, 3.63) is 52.0 Å². The molecule has 0 unspecified atom stereocenters. The summed E-state index contributed by atoms with van der Waals surface area (Å²) in [5.41, 5.74) is 8.02. The Bertz CT molecular complexity index is 409. The summed E-state index contributed by atoms with van der Waals surface area (Å²) in [5, 5.41) is 2.03. The van der Waals surface area contributed by atoms with Crippen LogP contribution < -0.4 is 5.73 Å². The number of aromatic nitrogens is 1. The lowest BCUT2D eigenvalue weighted by molar-refractivity contribution is 0.838. The molecule has 0 bridgehead atoms. The fourth-order valence-corrected chi connectivity index (χ4v) is 2.09. The molecular formula is C11H12N2S. The molecule has 14 heavy (non-hydrogen) atoms. The van der Waals surface area contributed by atoms with Crippen molar-refractivity contribution in [3.8, 4) is 0 Å². The topological polar surface area (TPSA) is 38.9 Å². The van der Waals surface area contributed by atoms with Gasteiger partial charge in [-0.2, -0.15) is 0 Å². The molecule has 2 aromatic rings. The molecule has 1 atom stereocenters. The van der Waals surface area contributed by atoms with Crippen LogP contribution in [-0.4, -0.2) is 4.98 Å². The average Bonchev–Trinajstić information content (AvgIpc) is 2.69. The predicted molar refractivity (Wildman–Crippen MR) is 59.3 cm³/mol. The summed E-state index contributed by atoms with van der Waals surface area (Å²) in [4.78, 5) is 5.57. The van der Waals surface area contributed by atoms with Crippen LogP contribution in [0.3, 0.4) is 0 Å². The molecule has 2 N–H and O–H groups in total. The van der Waals surface area contributed by atoms with Crippen molar-refractivity contribution >= 4 is 11.3 Å². The Morgan fingerprint density at radius 1 is 1.29 bits per heavy atom. The van der Waals surface area contributed by atoms with E-state index in [9.17, 15) is 0 Å². The summed E-state index contributed by atoms with van der Waals surface area (Å²) in [7, 11) is 0. The number of aryl methyl sites for hydroxylation is 1. The predicted octanol–water partition coefficient (Wildman–Crippen LogP) is 2.50. The molecule has 0 aliphatic heterocycles. The first-order valence-corrected chi connectivity index (χ1v) is 5.38. The van der Waals surface area contributed by atoms with Gasteiger partial charge < -0.3 is 5.73 Å². The number of hydrogen-bond donors (Lipinski definition) is 1. The lowest BCUT2D eigenvalue weighted by Gasteiger charge is -2.08. The van der Waals surface area contributed by atoms with Crippen LogP contribution in [0.15, 0.2) is 35.7 Å². The van der Waals surface area contributed by atoms with Gasteiger partial charge in [0.1, 0.15) is 0 Å². The zero-order chi connectivity index (χ0) is 9.97. The van der Waals surface area contributed by atoms with Crippen molar-refractivity contribution in [3.63, 3.8) is 0 Å². The van der Waals surface area contributed by atoms with E-state index in [0.717, 1.165) is 16.3 Å². The molecule has 2 aromatic heterocycles. The van der Waals surface area contributed by atoms with Crippen molar-refractivity contribution in [1.82, 2.24) is 4.98 Å². The molecule has 2 rings (SSSR count). The second-order valence-electron chi connectivity index (χ2n) is 3.20. The third kappa shape index (κ3) is 1.84. The summed E-state index contributed by atoms with van der Waals surface area (Å²) >= 11 is 1.67. The number of pyridine rings is 1. The van der Waals surface area contributed by atoms with Crippen LogP contribution >= 0.6 is 11.3 Å². The third-order valence-corrected chi connectivity index (χ3v) is 3.03. The van der Waals surface area contributed by atoms with E-state index in [1.54, 1.807) is 11.3 Å². The Morgan fingerprint density at radius 3 is 2.79 bits per heavy atom. The van der Waals surface area contributed by atoms with E-state index in [0.29, 0.717) is 0 Å². The van der Waals surface area contributed by atoms with Crippen molar-refractivity contribution in [2.75, 3.05) is 0 Å². The second kappa shape index (κ2) is 3.90. The first-order valence-electron chi connectivity index (χ1n) is 4.50. The van der Waals surface area contributed by atoms with Gasteiger partial charge in [-0.3, -0.25) is 4.98 Å². The van der Waals surface area contributed by atoms with Gasteiger partial charge in [0.2, 0.25) is 0 Å². The molecular weight excluding hydrogens is 192 g/mol. The quantitative estimate of drug-likeness (QED) is 0.816. The van der Waals surface area contributed by atoms with E-state index >= 15 is 0 Å². The maximum Gasteiger partial charge on any atom is 0.0820 e. The molecule has 0 radical (unpaired) electrons. The molecule has 72 valence electrons. The largest absolute Gasteiger partial charge is 0.318 e. The maximum atomic E-state index is 6.08. The minimum Gasteiger partial charge on any atom is -0.318 e. The first kappa shape index (κ1) is 9.37. The van der Waals surface area contributed by atoms with Gasteiger partial charge in [0.05, 0.1) is 11.7 Å². The van der Waals surface area contributed by atoms with Crippen molar-refractivity contribution in [1.29, 1.82) is 0 Å². The molecule has 0 spiro atoms. The fourth-order valence-electron chi connectivity index (χ4n) is 1.35. The highest BCUT2D eigenvalue weighted by atomic mass is 32.1. The summed E-state index contributed by atoms with van der Waals surface area (Å²) in [6, 6.07) is 9.90. The molecule has 0 amide bonds. The fraction of sp³-hybridized carbons (Fsp3) is 0.182. The Labute approximate surface area is 87.4 Å². The smallest absolute Gasteiger partial charge is 0.0820 e. The van der Waals surface area contributed by atoms with E-state index in [-0.39, 0.29) is 6.04 Å².